The number of nitrogens with one attached hydrogen (secondary N) is 1. The molecular formula is C19H33NO. The van der Waals surface area contributed by atoms with Crippen LogP contribution in [0.4, 0.5) is 0 Å². The molecule has 1 atom stereocenters. The molecule has 0 saturated carbocycles. The van der Waals surface area contributed by atoms with E-state index in [9.17, 15) is 0 Å². The van der Waals surface area contributed by atoms with Crippen LogP contribution >= 0.6 is 0 Å². The Kier molecular flexibility index (Phi) is 9.98. The summed E-state index contributed by atoms with van der Waals surface area (Å²) in [4.78, 5) is 0. The molecule has 0 heterocycles. The minimum absolute atomic E-state index is 0.414. The van der Waals surface area contributed by atoms with Gasteiger partial charge >= 0.3 is 0 Å². The van der Waals surface area contributed by atoms with Gasteiger partial charge in [-0.3, -0.25) is 0 Å². The molecule has 0 fully saturated rings. The molecule has 21 heavy (non-hydrogen) atoms. The van der Waals surface area contributed by atoms with E-state index in [1.54, 1.807) is 0 Å². The second-order valence-electron chi connectivity index (χ2n) is 5.86. The molecule has 2 nitrogen and oxygen atoms in total. The quantitative estimate of drug-likeness (QED) is 0.514. The molecule has 0 aromatic heterocycles. The number of benzene rings is 1. The van der Waals surface area contributed by atoms with Crippen LogP contribution in [0.5, 0.6) is 5.75 Å². The Balaban J connectivity index is 2.19. The maximum atomic E-state index is 5.81. The van der Waals surface area contributed by atoms with Crippen molar-refractivity contribution in [3.05, 3.63) is 29.8 Å². The summed E-state index contributed by atoms with van der Waals surface area (Å²) in [5.41, 5.74) is 1.33. The normalized spacial score (nSPS) is 12.3. The lowest BCUT2D eigenvalue weighted by atomic mass is 10.1. The third-order valence-corrected chi connectivity index (χ3v) is 3.85. The zero-order chi connectivity index (χ0) is 15.3. The Morgan fingerprint density at radius 2 is 1.57 bits per heavy atom. The van der Waals surface area contributed by atoms with Gasteiger partial charge < -0.3 is 10.1 Å². The van der Waals surface area contributed by atoms with E-state index >= 15 is 0 Å². The van der Waals surface area contributed by atoms with Crippen LogP contribution in [0, 0.1) is 0 Å². The van der Waals surface area contributed by atoms with Crippen LogP contribution in [0.3, 0.4) is 0 Å². The third kappa shape index (κ3) is 8.11. The SMILES string of the molecule is CCCCCCCCOc1ccc(C(C)NCCC)cc1. The first-order valence-corrected chi connectivity index (χ1v) is 8.74. The molecule has 1 aromatic rings. The van der Waals surface area contributed by atoms with E-state index in [-0.39, 0.29) is 0 Å². The molecule has 0 aliphatic heterocycles. The minimum Gasteiger partial charge on any atom is -0.494 e. The summed E-state index contributed by atoms with van der Waals surface area (Å²) in [6, 6.07) is 8.94. The van der Waals surface area contributed by atoms with Gasteiger partial charge in [-0.2, -0.15) is 0 Å². The van der Waals surface area contributed by atoms with Crippen molar-refractivity contribution < 1.29 is 4.74 Å². The van der Waals surface area contributed by atoms with Crippen LogP contribution in [0.25, 0.3) is 0 Å². The molecule has 120 valence electrons. The highest BCUT2D eigenvalue weighted by Crippen LogP contribution is 2.18. The zero-order valence-electron chi connectivity index (χ0n) is 14.2. The molecule has 1 aromatic carbocycles. The van der Waals surface area contributed by atoms with Crippen molar-refractivity contribution in [2.24, 2.45) is 0 Å². The lowest BCUT2D eigenvalue weighted by Crippen LogP contribution is -2.19. The van der Waals surface area contributed by atoms with Gasteiger partial charge in [0.15, 0.2) is 0 Å². The Morgan fingerprint density at radius 1 is 0.905 bits per heavy atom. The van der Waals surface area contributed by atoms with E-state index < -0.39 is 0 Å². The number of hydrogen-bond acceptors (Lipinski definition) is 2. The van der Waals surface area contributed by atoms with E-state index in [0.717, 1.165) is 18.9 Å². The summed E-state index contributed by atoms with van der Waals surface area (Å²) >= 11 is 0. The van der Waals surface area contributed by atoms with Crippen molar-refractivity contribution in [1.82, 2.24) is 5.32 Å². The Hall–Kier alpha value is -1.02. The van der Waals surface area contributed by atoms with Crippen LogP contribution in [-0.2, 0) is 0 Å². The first-order chi connectivity index (χ1) is 10.3. The molecule has 0 spiro atoms. The molecule has 2 heteroatoms. The summed E-state index contributed by atoms with van der Waals surface area (Å²) in [5, 5.41) is 3.50. The fraction of sp³-hybridized carbons (Fsp3) is 0.684. The number of hydrogen-bond donors (Lipinski definition) is 1. The Labute approximate surface area is 131 Å². The van der Waals surface area contributed by atoms with E-state index in [1.807, 2.05) is 0 Å². The van der Waals surface area contributed by atoms with Gasteiger partial charge in [-0.25, -0.2) is 0 Å². The highest BCUT2D eigenvalue weighted by Gasteiger charge is 2.03. The van der Waals surface area contributed by atoms with Gasteiger partial charge in [-0.1, -0.05) is 58.1 Å². The maximum absolute atomic E-state index is 5.81. The molecule has 1 rings (SSSR count). The van der Waals surface area contributed by atoms with Crippen molar-refractivity contribution >= 4 is 0 Å². The highest BCUT2D eigenvalue weighted by atomic mass is 16.5. The van der Waals surface area contributed by atoms with Gasteiger partial charge in [0.1, 0.15) is 5.75 Å². The minimum atomic E-state index is 0.414. The van der Waals surface area contributed by atoms with Gasteiger partial charge in [0.05, 0.1) is 6.61 Å². The van der Waals surface area contributed by atoms with Crippen molar-refractivity contribution in [3.63, 3.8) is 0 Å². The standard InChI is InChI=1S/C19H33NO/c1-4-6-7-8-9-10-16-21-19-13-11-18(12-14-19)17(3)20-15-5-2/h11-14,17,20H,4-10,15-16H2,1-3H3. The van der Waals surface area contributed by atoms with Gasteiger partial charge in [-0.15, -0.1) is 0 Å². The Morgan fingerprint density at radius 3 is 2.24 bits per heavy atom. The molecule has 0 bridgehead atoms. The largest absolute Gasteiger partial charge is 0.494 e. The van der Waals surface area contributed by atoms with E-state index in [1.165, 1.54) is 50.5 Å². The maximum Gasteiger partial charge on any atom is 0.119 e. The molecule has 0 radical (unpaired) electrons. The van der Waals surface area contributed by atoms with E-state index in [0.29, 0.717) is 6.04 Å². The number of rotatable bonds is 12. The topological polar surface area (TPSA) is 21.3 Å². The van der Waals surface area contributed by atoms with Crippen LogP contribution in [0.15, 0.2) is 24.3 Å². The first kappa shape index (κ1) is 18.0. The average molecular weight is 291 g/mol. The molecule has 0 saturated heterocycles. The average Bonchev–Trinajstić information content (AvgIpc) is 2.52. The van der Waals surface area contributed by atoms with E-state index in [2.05, 4.69) is 50.4 Å². The summed E-state index contributed by atoms with van der Waals surface area (Å²) in [7, 11) is 0. The predicted molar refractivity (Wildman–Crippen MR) is 92.0 cm³/mol. The summed E-state index contributed by atoms with van der Waals surface area (Å²) in [5.74, 6) is 0.995. The molecule has 1 N–H and O–H groups in total. The predicted octanol–water partition coefficient (Wildman–Crippen LogP) is 5.49. The lowest BCUT2D eigenvalue weighted by molar-refractivity contribution is 0.304. The molecular weight excluding hydrogens is 258 g/mol. The third-order valence-electron chi connectivity index (χ3n) is 3.85. The lowest BCUT2D eigenvalue weighted by Gasteiger charge is -2.14. The van der Waals surface area contributed by atoms with Gasteiger partial charge in [0, 0.05) is 6.04 Å². The van der Waals surface area contributed by atoms with Crippen molar-refractivity contribution in [3.8, 4) is 5.75 Å². The fourth-order valence-corrected chi connectivity index (χ4v) is 2.40. The fourth-order valence-electron chi connectivity index (χ4n) is 2.40. The zero-order valence-corrected chi connectivity index (χ0v) is 14.2. The monoisotopic (exact) mass is 291 g/mol. The smallest absolute Gasteiger partial charge is 0.119 e. The van der Waals surface area contributed by atoms with Crippen LogP contribution in [0.2, 0.25) is 0 Å². The first-order valence-electron chi connectivity index (χ1n) is 8.74. The summed E-state index contributed by atoms with van der Waals surface area (Å²) < 4.78 is 5.81. The second kappa shape index (κ2) is 11.6. The molecule has 0 amide bonds. The van der Waals surface area contributed by atoms with Gasteiger partial charge in [0.2, 0.25) is 0 Å². The summed E-state index contributed by atoms with van der Waals surface area (Å²) in [6.45, 7) is 8.57. The van der Waals surface area contributed by atoms with Gasteiger partial charge in [-0.05, 0) is 44.0 Å². The van der Waals surface area contributed by atoms with Gasteiger partial charge in [0.25, 0.3) is 0 Å². The summed E-state index contributed by atoms with van der Waals surface area (Å²) in [6.07, 6.45) is 9.02. The number of ether oxygens (including phenoxy) is 1. The van der Waals surface area contributed by atoms with Crippen LogP contribution in [0.1, 0.15) is 77.3 Å². The van der Waals surface area contributed by atoms with Crippen molar-refractivity contribution in [1.29, 1.82) is 0 Å². The van der Waals surface area contributed by atoms with Crippen LogP contribution < -0.4 is 10.1 Å². The molecule has 1 unspecified atom stereocenters. The van der Waals surface area contributed by atoms with E-state index in [4.69, 9.17) is 4.74 Å². The Bertz CT molecular complexity index is 347. The number of unbranched alkanes of at least 4 members (excludes halogenated alkanes) is 5. The second-order valence-corrected chi connectivity index (χ2v) is 5.86. The molecule has 0 aliphatic carbocycles. The van der Waals surface area contributed by atoms with Crippen LogP contribution in [-0.4, -0.2) is 13.2 Å². The molecule has 0 aliphatic rings. The van der Waals surface area contributed by atoms with Crippen molar-refractivity contribution in [2.45, 2.75) is 71.8 Å². The van der Waals surface area contributed by atoms with Crippen molar-refractivity contribution in [2.75, 3.05) is 13.2 Å². The highest BCUT2D eigenvalue weighted by molar-refractivity contribution is 5.28.